The van der Waals surface area contributed by atoms with Gasteiger partial charge in [-0.3, -0.25) is 0 Å². The molecule has 0 saturated heterocycles. The zero-order valence-corrected chi connectivity index (χ0v) is 12.5. The maximum absolute atomic E-state index is 11.9. The fourth-order valence-corrected chi connectivity index (χ4v) is 2.23. The highest BCUT2D eigenvalue weighted by Gasteiger charge is 2.12. The molecule has 0 aliphatic rings. The van der Waals surface area contributed by atoms with E-state index in [1.807, 2.05) is 33.8 Å². The Kier molecular flexibility index (Phi) is 4.22. The molecule has 1 N–H and O–H groups in total. The van der Waals surface area contributed by atoms with Crippen molar-refractivity contribution in [2.75, 3.05) is 13.1 Å². The number of rotatable bonds is 4. The van der Waals surface area contributed by atoms with Crippen LogP contribution < -0.4 is 5.32 Å². The van der Waals surface area contributed by atoms with E-state index < -0.39 is 0 Å². The number of carbonyl (C=O) groups is 1. The third-order valence-electron chi connectivity index (χ3n) is 3.33. The molecule has 0 aromatic carbocycles. The average Bonchev–Trinajstić information content (AvgIpc) is 2.81. The van der Waals surface area contributed by atoms with Crippen LogP contribution in [0.15, 0.2) is 12.3 Å². The summed E-state index contributed by atoms with van der Waals surface area (Å²) >= 11 is 0. The van der Waals surface area contributed by atoms with Crippen molar-refractivity contribution in [3.8, 4) is 0 Å². The second kappa shape index (κ2) is 5.90. The maximum atomic E-state index is 11.9. The number of nitrogens with zero attached hydrogens (tertiary/aromatic N) is 4. The number of aryl methyl sites for hydroxylation is 2. The number of urea groups is 1. The number of nitrogens with one attached hydrogen (secondary N) is 1. The predicted molar refractivity (Wildman–Crippen MR) is 77.6 cm³/mol. The topological polar surface area (TPSA) is 62.5 Å². The van der Waals surface area contributed by atoms with Gasteiger partial charge in [0.15, 0.2) is 5.65 Å². The van der Waals surface area contributed by atoms with Crippen molar-refractivity contribution in [1.82, 2.24) is 24.8 Å². The number of hydrogen-bond donors (Lipinski definition) is 1. The molecule has 2 amide bonds. The summed E-state index contributed by atoms with van der Waals surface area (Å²) in [7, 11) is 0. The molecule has 0 bridgehead atoms. The summed E-state index contributed by atoms with van der Waals surface area (Å²) in [5.41, 5.74) is 3.72. The number of amides is 2. The Labute approximate surface area is 118 Å². The SMILES string of the molecule is CCN(CC)C(=O)NCc1cnn2c(C)cc(C)nc12. The number of carbonyl (C=O) groups excluding carboxylic acids is 1. The lowest BCUT2D eigenvalue weighted by Crippen LogP contribution is -2.39. The van der Waals surface area contributed by atoms with Gasteiger partial charge in [-0.15, -0.1) is 0 Å². The lowest BCUT2D eigenvalue weighted by atomic mass is 10.3. The summed E-state index contributed by atoms with van der Waals surface area (Å²) < 4.78 is 1.80. The average molecular weight is 275 g/mol. The van der Waals surface area contributed by atoms with E-state index in [1.165, 1.54) is 0 Å². The highest BCUT2D eigenvalue weighted by molar-refractivity contribution is 5.74. The minimum absolute atomic E-state index is 0.0567. The molecule has 0 aliphatic heterocycles. The van der Waals surface area contributed by atoms with E-state index in [-0.39, 0.29) is 6.03 Å². The van der Waals surface area contributed by atoms with Gasteiger partial charge in [-0.1, -0.05) is 0 Å². The Morgan fingerprint density at radius 3 is 2.70 bits per heavy atom. The summed E-state index contributed by atoms with van der Waals surface area (Å²) in [6.07, 6.45) is 1.76. The highest BCUT2D eigenvalue weighted by Crippen LogP contribution is 2.11. The molecular weight excluding hydrogens is 254 g/mol. The molecule has 0 radical (unpaired) electrons. The molecule has 0 atom stereocenters. The molecule has 6 nitrogen and oxygen atoms in total. The summed E-state index contributed by atoms with van der Waals surface area (Å²) in [6.45, 7) is 9.72. The van der Waals surface area contributed by atoms with E-state index in [4.69, 9.17) is 0 Å². The van der Waals surface area contributed by atoms with Crippen molar-refractivity contribution >= 4 is 11.7 Å². The van der Waals surface area contributed by atoms with Crippen LogP contribution in [0.5, 0.6) is 0 Å². The van der Waals surface area contributed by atoms with Gasteiger partial charge in [0, 0.05) is 36.6 Å². The molecular formula is C14H21N5O. The van der Waals surface area contributed by atoms with Gasteiger partial charge in [-0.25, -0.2) is 14.3 Å². The zero-order valence-electron chi connectivity index (χ0n) is 12.5. The van der Waals surface area contributed by atoms with E-state index in [0.29, 0.717) is 19.6 Å². The molecule has 0 aliphatic carbocycles. The summed E-state index contributed by atoms with van der Waals surface area (Å²) in [5.74, 6) is 0. The number of fused-ring (bicyclic) bond motifs is 1. The van der Waals surface area contributed by atoms with Gasteiger partial charge >= 0.3 is 6.03 Å². The first-order valence-electron chi connectivity index (χ1n) is 6.90. The molecule has 0 fully saturated rings. The van der Waals surface area contributed by atoms with Gasteiger partial charge in [-0.05, 0) is 33.8 Å². The summed E-state index contributed by atoms with van der Waals surface area (Å²) in [5, 5.41) is 7.22. The molecule has 20 heavy (non-hydrogen) atoms. The van der Waals surface area contributed by atoms with Crippen LogP contribution in [-0.4, -0.2) is 38.6 Å². The van der Waals surface area contributed by atoms with Crippen molar-refractivity contribution in [2.24, 2.45) is 0 Å². The first kappa shape index (κ1) is 14.3. The van der Waals surface area contributed by atoms with E-state index in [0.717, 1.165) is 22.6 Å². The zero-order chi connectivity index (χ0) is 14.7. The fraction of sp³-hybridized carbons (Fsp3) is 0.500. The van der Waals surface area contributed by atoms with Gasteiger partial charge in [0.1, 0.15) is 0 Å². The van der Waals surface area contributed by atoms with Gasteiger partial charge in [0.25, 0.3) is 0 Å². The Hall–Kier alpha value is -2.11. The molecule has 2 heterocycles. The van der Waals surface area contributed by atoms with Crippen molar-refractivity contribution in [3.05, 3.63) is 29.2 Å². The molecule has 108 valence electrons. The first-order chi connectivity index (χ1) is 9.56. The molecule has 0 saturated carbocycles. The van der Waals surface area contributed by atoms with Crippen LogP contribution in [0.2, 0.25) is 0 Å². The Morgan fingerprint density at radius 1 is 1.35 bits per heavy atom. The lowest BCUT2D eigenvalue weighted by Gasteiger charge is -2.18. The first-order valence-corrected chi connectivity index (χ1v) is 6.90. The van der Waals surface area contributed by atoms with Gasteiger partial charge in [0.05, 0.1) is 6.20 Å². The van der Waals surface area contributed by atoms with Crippen molar-refractivity contribution < 1.29 is 4.79 Å². The minimum Gasteiger partial charge on any atom is -0.334 e. The Bertz CT molecular complexity index is 615. The van der Waals surface area contributed by atoms with Gasteiger partial charge < -0.3 is 10.2 Å². The predicted octanol–water partition coefficient (Wildman–Crippen LogP) is 1.90. The second-order valence-corrected chi connectivity index (χ2v) is 4.78. The van der Waals surface area contributed by atoms with Gasteiger partial charge in [0.2, 0.25) is 0 Å². The van der Waals surface area contributed by atoms with Crippen molar-refractivity contribution in [2.45, 2.75) is 34.2 Å². The minimum atomic E-state index is -0.0567. The Morgan fingerprint density at radius 2 is 2.05 bits per heavy atom. The summed E-state index contributed by atoms with van der Waals surface area (Å²) in [4.78, 5) is 18.2. The number of hydrogen-bond acceptors (Lipinski definition) is 3. The van der Waals surface area contributed by atoms with Crippen LogP contribution in [0.3, 0.4) is 0 Å². The lowest BCUT2D eigenvalue weighted by molar-refractivity contribution is 0.203. The maximum Gasteiger partial charge on any atom is 0.317 e. The second-order valence-electron chi connectivity index (χ2n) is 4.78. The van der Waals surface area contributed by atoms with Gasteiger partial charge in [-0.2, -0.15) is 5.10 Å². The van der Waals surface area contributed by atoms with Crippen LogP contribution >= 0.6 is 0 Å². The largest absolute Gasteiger partial charge is 0.334 e. The molecule has 2 aromatic rings. The van der Waals surface area contributed by atoms with E-state index in [9.17, 15) is 4.79 Å². The van der Waals surface area contributed by atoms with E-state index in [2.05, 4.69) is 15.4 Å². The molecule has 2 rings (SSSR count). The highest BCUT2D eigenvalue weighted by atomic mass is 16.2. The van der Waals surface area contributed by atoms with E-state index in [1.54, 1.807) is 15.6 Å². The number of aromatic nitrogens is 3. The Balaban J connectivity index is 2.17. The molecule has 0 spiro atoms. The van der Waals surface area contributed by atoms with E-state index >= 15 is 0 Å². The van der Waals surface area contributed by atoms with Crippen LogP contribution in [0.1, 0.15) is 30.8 Å². The van der Waals surface area contributed by atoms with Crippen molar-refractivity contribution in [3.63, 3.8) is 0 Å². The van der Waals surface area contributed by atoms with Crippen LogP contribution in [-0.2, 0) is 6.54 Å². The third kappa shape index (κ3) is 2.74. The normalized spacial score (nSPS) is 10.8. The quantitative estimate of drug-likeness (QED) is 0.927. The smallest absolute Gasteiger partial charge is 0.317 e. The third-order valence-corrected chi connectivity index (χ3v) is 3.33. The molecule has 6 heteroatoms. The van der Waals surface area contributed by atoms with Crippen LogP contribution in [0.25, 0.3) is 5.65 Å². The molecule has 0 unspecified atom stereocenters. The molecule has 2 aromatic heterocycles. The fourth-order valence-electron chi connectivity index (χ4n) is 2.23. The monoisotopic (exact) mass is 275 g/mol. The van der Waals surface area contributed by atoms with Crippen LogP contribution in [0.4, 0.5) is 4.79 Å². The standard InChI is InChI=1S/C14H21N5O/c1-5-18(6-2)14(20)15-8-12-9-16-19-11(4)7-10(3)17-13(12)19/h7,9H,5-6,8H2,1-4H3,(H,15,20). The van der Waals surface area contributed by atoms with Crippen LogP contribution in [0, 0.1) is 13.8 Å². The van der Waals surface area contributed by atoms with Crippen molar-refractivity contribution in [1.29, 1.82) is 0 Å². The summed E-state index contributed by atoms with van der Waals surface area (Å²) in [6, 6.07) is 1.93.